The highest BCUT2D eigenvalue weighted by Crippen LogP contribution is 2.23. The molecule has 0 aliphatic rings. The number of halogens is 2. The van der Waals surface area contributed by atoms with Crippen LogP contribution in [0.2, 0.25) is 0 Å². The van der Waals surface area contributed by atoms with E-state index in [9.17, 15) is 14.6 Å². The fourth-order valence-electron chi connectivity index (χ4n) is 1.49. The van der Waals surface area contributed by atoms with Crippen LogP contribution in [0.3, 0.4) is 0 Å². The molecule has 0 aliphatic carbocycles. The number of aliphatic hydroxyl groups excluding tert-OH is 2. The molecule has 0 radical (unpaired) electrons. The van der Waals surface area contributed by atoms with Crippen molar-refractivity contribution in [3.8, 4) is 6.07 Å². The minimum atomic E-state index is -1.30. The highest BCUT2D eigenvalue weighted by Gasteiger charge is 2.21. The van der Waals surface area contributed by atoms with Crippen molar-refractivity contribution < 1.29 is 14.6 Å². The molecule has 1 aromatic carbocycles. The Balaban J connectivity index is 2.88. The van der Waals surface area contributed by atoms with Crippen molar-refractivity contribution in [2.45, 2.75) is 25.0 Å². The lowest BCUT2D eigenvalue weighted by Crippen LogP contribution is -2.19. The van der Waals surface area contributed by atoms with Gasteiger partial charge in [0.15, 0.2) is 0 Å². The Morgan fingerprint density at radius 3 is 2.65 bits per heavy atom. The number of hydrogen-bond acceptors (Lipinski definition) is 3. The number of hydrogen-bond donors (Lipinski definition) is 2. The second kappa shape index (κ2) is 6.55. The van der Waals surface area contributed by atoms with Crippen molar-refractivity contribution in [3.05, 3.63) is 35.1 Å². The molecule has 0 heterocycles. The van der Waals surface area contributed by atoms with Gasteiger partial charge in [-0.15, -0.1) is 11.6 Å². The molecule has 5 heteroatoms. The van der Waals surface area contributed by atoms with Gasteiger partial charge in [0.2, 0.25) is 0 Å². The molecule has 1 rings (SSSR count). The van der Waals surface area contributed by atoms with Crippen LogP contribution in [-0.2, 0) is 6.42 Å². The number of alkyl halides is 1. The van der Waals surface area contributed by atoms with Crippen LogP contribution >= 0.6 is 11.6 Å². The molecule has 0 saturated heterocycles. The summed E-state index contributed by atoms with van der Waals surface area (Å²) in [6.07, 6.45) is -2.10. The first-order chi connectivity index (χ1) is 8.10. The van der Waals surface area contributed by atoms with Crippen LogP contribution in [0.15, 0.2) is 18.2 Å². The van der Waals surface area contributed by atoms with Crippen LogP contribution in [0, 0.1) is 17.1 Å². The first kappa shape index (κ1) is 13.9. The Hall–Kier alpha value is -1.15. The maximum atomic E-state index is 13.6. The molecule has 0 spiro atoms. The fraction of sp³-hybridized carbons (Fsp3) is 0.417. The zero-order valence-electron chi connectivity index (χ0n) is 9.11. The van der Waals surface area contributed by atoms with Gasteiger partial charge in [-0.25, -0.2) is 4.39 Å². The Kier molecular flexibility index (Phi) is 5.36. The van der Waals surface area contributed by atoms with E-state index in [4.69, 9.17) is 16.9 Å². The predicted octanol–water partition coefficient (Wildman–Crippen LogP) is 1.91. The van der Waals surface area contributed by atoms with Crippen LogP contribution in [0.1, 0.15) is 23.7 Å². The monoisotopic (exact) mass is 257 g/mol. The van der Waals surface area contributed by atoms with E-state index in [0.29, 0.717) is 5.56 Å². The largest absolute Gasteiger partial charge is 0.390 e. The summed E-state index contributed by atoms with van der Waals surface area (Å²) >= 11 is 5.43. The third-order valence-electron chi connectivity index (χ3n) is 2.44. The predicted molar refractivity (Wildman–Crippen MR) is 62.0 cm³/mol. The van der Waals surface area contributed by atoms with Crippen LogP contribution in [0.5, 0.6) is 0 Å². The molecular weight excluding hydrogens is 245 g/mol. The number of rotatable bonds is 5. The lowest BCUT2D eigenvalue weighted by atomic mass is 10.00. The maximum absolute atomic E-state index is 13.6. The van der Waals surface area contributed by atoms with Crippen molar-refractivity contribution in [1.29, 1.82) is 5.26 Å². The van der Waals surface area contributed by atoms with E-state index in [1.807, 2.05) is 6.07 Å². The van der Waals surface area contributed by atoms with Crippen molar-refractivity contribution in [3.63, 3.8) is 0 Å². The summed E-state index contributed by atoms with van der Waals surface area (Å²) in [5.74, 6) is -0.439. The van der Waals surface area contributed by atoms with E-state index in [0.717, 1.165) is 0 Å². The molecule has 0 aromatic heterocycles. The second-order valence-electron chi connectivity index (χ2n) is 3.68. The Morgan fingerprint density at radius 1 is 1.41 bits per heavy atom. The van der Waals surface area contributed by atoms with Gasteiger partial charge in [-0.3, -0.25) is 0 Å². The minimum absolute atomic E-state index is 0.0179. The van der Waals surface area contributed by atoms with Crippen LogP contribution < -0.4 is 0 Å². The molecule has 0 bridgehead atoms. The molecule has 92 valence electrons. The van der Waals surface area contributed by atoms with Gasteiger partial charge in [0.25, 0.3) is 0 Å². The van der Waals surface area contributed by atoms with Gasteiger partial charge in [-0.1, -0.05) is 12.1 Å². The van der Waals surface area contributed by atoms with Gasteiger partial charge in [-0.05, 0) is 18.1 Å². The zero-order valence-corrected chi connectivity index (χ0v) is 9.86. The number of benzene rings is 1. The standard InChI is InChI=1S/C12H13ClFNO2/c13-5-3-11(16)12(17)9-2-1-8(4-6-15)7-10(9)14/h1-2,7,11-12,16-17H,3-5H2. The van der Waals surface area contributed by atoms with E-state index in [-0.39, 0.29) is 24.3 Å². The number of aliphatic hydroxyl groups is 2. The van der Waals surface area contributed by atoms with Gasteiger partial charge in [0, 0.05) is 11.4 Å². The van der Waals surface area contributed by atoms with Gasteiger partial charge in [0.05, 0.1) is 18.6 Å². The summed E-state index contributed by atoms with van der Waals surface area (Å²) < 4.78 is 13.6. The quantitative estimate of drug-likeness (QED) is 0.792. The van der Waals surface area contributed by atoms with Crippen LogP contribution in [0.4, 0.5) is 4.39 Å². The fourth-order valence-corrected chi connectivity index (χ4v) is 1.71. The lowest BCUT2D eigenvalue weighted by molar-refractivity contribution is 0.0149. The summed E-state index contributed by atoms with van der Waals surface area (Å²) in [5.41, 5.74) is 0.553. The first-order valence-electron chi connectivity index (χ1n) is 5.17. The molecule has 2 unspecified atom stereocenters. The van der Waals surface area contributed by atoms with E-state index < -0.39 is 18.0 Å². The summed E-state index contributed by atoms with van der Waals surface area (Å²) in [6.45, 7) is 0. The van der Waals surface area contributed by atoms with E-state index in [2.05, 4.69) is 0 Å². The molecule has 2 N–H and O–H groups in total. The molecule has 3 nitrogen and oxygen atoms in total. The molecule has 2 atom stereocenters. The lowest BCUT2D eigenvalue weighted by Gasteiger charge is -2.18. The molecule has 17 heavy (non-hydrogen) atoms. The topological polar surface area (TPSA) is 64.2 Å². The van der Waals surface area contributed by atoms with Gasteiger partial charge in [0.1, 0.15) is 11.9 Å². The Morgan fingerprint density at radius 2 is 2.12 bits per heavy atom. The first-order valence-corrected chi connectivity index (χ1v) is 5.71. The smallest absolute Gasteiger partial charge is 0.129 e. The highest BCUT2D eigenvalue weighted by molar-refractivity contribution is 6.17. The number of nitriles is 1. The maximum Gasteiger partial charge on any atom is 0.129 e. The van der Waals surface area contributed by atoms with Gasteiger partial charge >= 0.3 is 0 Å². The summed E-state index contributed by atoms with van der Waals surface area (Å²) in [6, 6.07) is 6.03. The molecule has 0 aliphatic heterocycles. The summed E-state index contributed by atoms with van der Waals surface area (Å²) in [7, 11) is 0. The van der Waals surface area contributed by atoms with Gasteiger partial charge in [-0.2, -0.15) is 5.26 Å². The van der Waals surface area contributed by atoms with Crippen molar-refractivity contribution in [2.24, 2.45) is 0 Å². The Labute approximate surface area is 104 Å². The highest BCUT2D eigenvalue weighted by atomic mass is 35.5. The van der Waals surface area contributed by atoms with E-state index in [1.54, 1.807) is 6.07 Å². The molecule has 0 fully saturated rings. The SMILES string of the molecule is N#CCc1ccc(C(O)C(O)CCCl)c(F)c1. The van der Waals surface area contributed by atoms with Gasteiger partial charge < -0.3 is 10.2 Å². The molecule has 0 saturated carbocycles. The third-order valence-corrected chi connectivity index (χ3v) is 2.65. The number of nitrogens with zero attached hydrogens (tertiary/aromatic N) is 1. The minimum Gasteiger partial charge on any atom is -0.390 e. The average Bonchev–Trinajstić information content (AvgIpc) is 2.29. The normalized spacial score (nSPS) is 14.1. The third kappa shape index (κ3) is 3.67. The molecule has 1 aromatic rings. The Bertz CT molecular complexity index is 419. The summed E-state index contributed by atoms with van der Waals surface area (Å²) in [5, 5.41) is 27.7. The van der Waals surface area contributed by atoms with Crippen molar-refractivity contribution in [1.82, 2.24) is 0 Å². The summed E-state index contributed by atoms with van der Waals surface area (Å²) in [4.78, 5) is 0. The second-order valence-corrected chi connectivity index (χ2v) is 4.06. The average molecular weight is 258 g/mol. The van der Waals surface area contributed by atoms with E-state index in [1.165, 1.54) is 12.1 Å². The van der Waals surface area contributed by atoms with Crippen LogP contribution in [-0.4, -0.2) is 22.2 Å². The van der Waals surface area contributed by atoms with Crippen LogP contribution in [0.25, 0.3) is 0 Å². The van der Waals surface area contributed by atoms with Crippen molar-refractivity contribution in [2.75, 3.05) is 5.88 Å². The molecular formula is C12H13ClFNO2. The van der Waals surface area contributed by atoms with Crippen molar-refractivity contribution >= 4 is 11.6 Å². The zero-order chi connectivity index (χ0) is 12.8. The molecule has 0 amide bonds. The van der Waals surface area contributed by atoms with E-state index >= 15 is 0 Å².